The SMILES string of the molecule is C=CCN(C(=O)C(CO)NC(=O)OC(C)(C)C)C(C(=O)Nc1c(C)cccc1Cl)c1cccc(C)c1. The van der Waals surface area contributed by atoms with Crippen LogP contribution in [0.4, 0.5) is 10.5 Å². The zero-order valence-corrected chi connectivity index (χ0v) is 22.1. The summed E-state index contributed by atoms with van der Waals surface area (Å²) in [5.74, 6) is -1.19. The minimum atomic E-state index is -1.35. The zero-order chi connectivity index (χ0) is 27.0. The van der Waals surface area contributed by atoms with Crippen molar-refractivity contribution in [1.82, 2.24) is 10.2 Å². The highest BCUT2D eigenvalue weighted by molar-refractivity contribution is 6.34. The molecular formula is C27H34ClN3O5. The Bertz CT molecular complexity index is 1090. The van der Waals surface area contributed by atoms with E-state index in [-0.39, 0.29) is 6.54 Å². The van der Waals surface area contributed by atoms with Crippen molar-refractivity contribution < 1.29 is 24.2 Å². The van der Waals surface area contributed by atoms with Gasteiger partial charge in [-0.3, -0.25) is 9.59 Å². The maximum atomic E-state index is 13.7. The van der Waals surface area contributed by atoms with E-state index in [1.165, 1.54) is 11.0 Å². The summed E-state index contributed by atoms with van der Waals surface area (Å²) in [6.07, 6.45) is 0.605. The summed E-state index contributed by atoms with van der Waals surface area (Å²) in [5.41, 5.74) is 1.81. The molecular weight excluding hydrogens is 482 g/mol. The number of halogens is 1. The normalized spacial score (nSPS) is 12.8. The van der Waals surface area contributed by atoms with E-state index in [1.54, 1.807) is 51.1 Å². The number of aryl methyl sites for hydroxylation is 2. The Kier molecular flexibility index (Phi) is 10.1. The molecule has 36 heavy (non-hydrogen) atoms. The second-order valence-electron chi connectivity index (χ2n) is 9.40. The number of para-hydroxylation sites is 1. The van der Waals surface area contributed by atoms with Crippen LogP contribution in [0, 0.1) is 13.8 Å². The number of anilines is 1. The van der Waals surface area contributed by atoms with E-state index < -0.39 is 42.2 Å². The van der Waals surface area contributed by atoms with Crippen LogP contribution in [0.15, 0.2) is 55.1 Å². The predicted molar refractivity (Wildman–Crippen MR) is 141 cm³/mol. The molecule has 0 bridgehead atoms. The van der Waals surface area contributed by atoms with Gasteiger partial charge in [-0.05, 0) is 51.8 Å². The molecule has 2 rings (SSSR count). The van der Waals surface area contributed by atoms with Crippen LogP contribution in [0.5, 0.6) is 0 Å². The van der Waals surface area contributed by atoms with Gasteiger partial charge >= 0.3 is 6.09 Å². The number of ether oxygens (including phenoxy) is 1. The Labute approximate surface area is 217 Å². The summed E-state index contributed by atoms with van der Waals surface area (Å²) in [6, 6.07) is 9.96. The first kappa shape index (κ1) is 28.9. The molecule has 0 aliphatic carbocycles. The number of hydrogen-bond donors (Lipinski definition) is 3. The molecule has 2 atom stereocenters. The van der Waals surface area contributed by atoms with Gasteiger partial charge in [0.05, 0.1) is 17.3 Å². The van der Waals surface area contributed by atoms with Crippen LogP contribution >= 0.6 is 11.6 Å². The van der Waals surface area contributed by atoms with Gasteiger partial charge in [0.1, 0.15) is 17.7 Å². The molecule has 0 saturated heterocycles. The lowest BCUT2D eigenvalue weighted by molar-refractivity contribution is -0.140. The van der Waals surface area contributed by atoms with Gasteiger partial charge in [0, 0.05) is 6.54 Å². The Hall–Kier alpha value is -3.36. The molecule has 194 valence electrons. The number of nitrogens with zero attached hydrogens (tertiary/aromatic N) is 1. The third-order valence-corrected chi connectivity index (χ3v) is 5.48. The number of aliphatic hydroxyl groups excluding tert-OH is 1. The molecule has 0 heterocycles. The van der Waals surface area contributed by atoms with Crippen molar-refractivity contribution in [3.63, 3.8) is 0 Å². The quantitative estimate of drug-likeness (QED) is 0.425. The summed E-state index contributed by atoms with van der Waals surface area (Å²) < 4.78 is 5.23. The van der Waals surface area contributed by atoms with Gasteiger partial charge in [0.2, 0.25) is 5.91 Å². The average Bonchev–Trinajstić information content (AvgIpc) is 2.78. The average molecular weight is 516 g/mol. The number of rotatable bonds is 9. The molecule has 0 saturated carbocycles. The summed E-state index contributed by atoms with van der Waals surface area (Å²) in [4.78, 5) is 40.9. The minimum absolute atomic E-state index is 0.0289. The molecule has 0 spiro atoms. The first-order valence-electron chi connectivity index (χ1n) is 11.5. The number of benzene rings is 2. The van der Waals surface area contributed by atoms with E-state index in [4.69, 9.17) is 16.3 Å². The molecule has 8 nitrogen and oxygen atoms in total. The lowest BCUT2D eigenvalue weighted by Gasteiger charge is -2.33. The van der Waals surface area contributed by atoms with E-state index in [0.717, 1.165) is 11.1 Å². The largest absolute Gasteiger partial charge is 0.444 e. The fraction of sp³-hybridized carbons (Fsp3) is 0.370. The van der Waals surface area contributed by atoms with Crippen molar-refractivity contribution in [3.8, 4) is 0 Å². The highest BCUT2D eigenvalue weighted by Gasteiger charge is 2.36. The van der Waals surface area contributed by atoms with Crippen molar-refractivity contribution in [3.05, 3.63) is 76.8 Å². The lowest BCUT2D eigenvalue weighted by Crippen LogP contribution is -2.53. The first-order valence-corrected chi connectivity index (χ1v) is 11.9. The number of carbonyl (C=O) groups is 3. The maximum Gasteiger partial charge on any atom is 0.408 e. The summed E-state index contributed by atoms with van der Waals surface area (Å²) in [5, 5.41) is 15.5. The molecule has 0 aromatic heterocycles. The molecule has 2 unspecified atom stereocenters. The van der Waals surface area contributed by atoms with Gasteiger partial charge in [-0.1, -0.05) is 59.6 Å². The molecule has 0 aliphatic heterocycles. The predicted octanol–water partition coefficient (Wildman–Crippen LogP) is 4.54. The zero-order valence-electron chi connectivity index (χ0n) is 21.3. The van der Waals surface area contributed by atoms with E-state index in [2.05, 4.69) is 17.2 Å². The Morgan fingerprint density at radius 3 is 2.39 bits per heavy atom. The first-order chi connectivity index (χ1) is 16.9. The Morgan fingerprint density at radius 1 is 1.17 bits per heavy atom. The molecule has 0 fully saturated rings. The third-order valence-electron chi connectivity index (χ3n) is 5.17. The van der Waals surface area contributed by atoms with Gasteiger partial charge in [-0.2, -0.15) is 0 Å². The van der Waals surface area contributed by atoms with Crippen LogP contribution in [-0.2, 0) is 14.3 Å². The van der Waals surface area contributed by atoms with Crippen LogP contribution in [0.1, 0.15) is 43.5 Å². The summed E-state index contributed by atoms with van der Waals surface area (Å²) >= 11 is 6.33. The van der Waals surface area contributed by atoms with Gasteiger partial charge in [-0.25, -0.2) is 4.79 Å². The van der Waals surface area contributed by atoms with Crippen LogP contribution < -0.4 is 10.6 Å². The second kappa shape index (κ2) is 12.6. The minimum Gasteiger partial charge on any atom is -0.444 e. The highest BCUT2D eigenvalue weighted by atomic mass is 35.5. The number of amides is 3. The molecule has 2 aromatic rings. The second-order valence-corrected chi connectivity index (χ2v) is 9.81. The van der Waals surface area contributed by atoms with E-state index >= 15 is 0 Å². The molecule has 2 aromatic carbocycles. The van der Waals surface area contributed by atoms with Crippen molar-refractivity contribution in [2.45, 2.75) is 52.3 Å². The van der Waals surface area contributed by atoms with Crippen LogP contribution in [0.25, 0.3) is 0 Å². The Morgan fingerprint density at radius 2 is 1.83 bits per heavy atom. The molecule has 0 aliphatic rings. The smallest absolute Gasteiger partial charge is 0.408 e. The van der Waals surface area contributed by atoms with E-state index in [0.29, 0.717) is 16.3 Å². The number of alkyl carbamates (subject to hydrolysis) is 1. The van der Waals surface area contributed by atoms with Crippen molar-refractivity contribution >= 4 is 35.2 Å². The van der Waals surface area contributed by atoms with Crippen LogP contribution in [0.2, 0.25) is 5.02 Å². The van der Waals surface area contributed by atoms with Crippen LogP contribution in [-0.4, -0.2) is 52.7 Å². The van der Waals surface area contributed by atoms with Crippen molar-refractivity contribution in [2.24, 2.45) is 0 Å². The van der Waals surface area contributed by atoms with E-state index in [9.17, 15) is 19.5 Å². The van der Waals surface area contributed by atoms with Gasteiger partial charge in [0.25, 0.3) is 5.91 Å². The van der Waals surface area contributed by atoms with Crippen molar-refractivity contribution in [2.75, 3.05) is 18.5 Å². The molecule has 3 amide bonds. The van der Waals surface area contributed by atoms with Crippen LogP contribution in [0.3, 0.4) is 0 Å². The van der Waals surface area contributed by atoms with Gasteiger partial charge < -0.3 is 25.4 Å². The number of nitrogens with one attached hydrogen (secondary N) is 2. The standard InChI is InChI=1S/C27H34ClN3O5/c1-7-14-31(25(34)21(16-32)29-26(35)36-27(4,5)6)23(19-12-8-10-17(2)15-19)24(33)30-22-18(3)11-9-13-20(22)28/h7-13,15,21,23,32H,1,14,16H2,2-6H3,(H,29,35)(H,30,33). The molecule has 3 N–H and O–H groups in total. The summed E-state index contributed by atoms with van der Waals surface area (Å²) in [7, 11) is 0. The van der Waals surface area contributed by atoms with Crippen molar-refractivity contribution in [1.29, 1.82) is 0 Å². The molecule has 0 radical (unpaired) electrons. The number of aliphatic hydroxyl groups is 1. The highest BCUT2D eigenvalue weighted by Crippen LogP contribution is 2.29. The number of carbonyl (C=O) groups excluding carboxylic acids is 3. The molecule has 9 heteroatoms. The topological polar surface area (TPSA) is 108 Å². The van der Waals surface area contributed by atoms with E-state index in [1.807, 2.05) is 26.0 Å². The van der Waals surface area contributed by atoms with Gasteiger partial charge in [0.15, 0.2) is 0 Å². The lowest BCUT2D eigenvalue weighted by atomic mass is 10.0. The number of hydrogen-bond acceptors (Lipinski definition) is 5. The maximum absolute atomic E-state index is 13.7. The fourth-order valence-electron chi connectivity index (χ4n) is 3.59. The monoisotopic (exact) mass is 515 g/mol. The van der Waals surface area contributed by atoms with Gasteiger partial charge in [-0.15, -0.1) is 6.58 Å². The third kappa shape index (κ3) is 7.83. The Balaban J connectivity index is 2.49. The summed E-state index contributed by atoms with van der Waals surface area (Å²) in [6.45, 7) is 11.7. The fourth-order valence-corrected chi connectivity index (χ4v) is 3.86.